The third-order valence-corrected chi connectivity index (χ3v) is 4.36. The van der Waals surface area contributed by atoms with Gasteiger partial charge in [0.05, 0.1) is 19.2 Å². The van der Waals surface area contributed by atoms with Gasteiger partial charge >= 0.3 is 0 Å². The molecule has 0 radical (unpaired) electrons. The summed E-state index contributed by atoms with van der Waals surface area (Å²) in [6.07, 6.45) is 1.19. The lowest BCUT2D eigenvalue weighted by atomic mass is 10.1. The molecular formula is C18H20ClNO2. The van der Waals surface area contributed by atoms with Gasteiger partial charge in [-0.2, -0.15) is 0 Å². The molecule has 4 heteroatoms. The molecule has 1 fully saturated rings. The van der Waals surface area contributed by atoms with Crippen LogP contribution in [0.1, 0.15) is 23.5 Å². The normalized spacial score (nSPS) is 19.8. The molecule has 1 aliphatic rings. The molecule has 0 aromatic heterocycles. The lowest BCUT2D eigenvalue weighted by Crippen LogP contribution is -2.17. The molecule has 1 saturated carbocycles. The molecule has 0 aliphatic heterocycles. The van der Waals surface area contributed by atoms with Crippen LogP contribution in [0, 0.1) is 0 Å². The van der Waals surface area contributed by atoms with Crippen molar-refractivity contribution in [3.8, 4) is 11.5 Å². The predicted molar refractivity (Wildman–Crippen MR) is 89.0 cm³/mol. The van der Waals surface area contributed by atoms with Gasteiger partial charge in [0.1, 0.15) is 0 Å². The van der Waals surface area contributed by atoms with Crippen molar-refractivity contribution >= 4 is 11.6 Å². The Kier molecular flexibility index (Phi) is 4.55. The smallest absolute Gasteiger partial charge is 0.179 e. The molecule has 2 atom stereocenters. The highest BCUT2D eigenvalue weighted by molar-refractivity contribution is 6.32. The Balaban J connectivity index is 1.62. The molecule has 3 rings (SSSR count). The van der Waals surface area contributed by atoms with Gasteiger partial charge in [0.15, 0.2) is 11.5 Å². The van der Waals surface area contributed by atoms with Crippen molar-refractivity contribution in [2.75, 3.05) is 14.2 Å². The summed E-state index contributed by atoms with van der Waals surface area (Å²) in [5, 5.41) is 4.16. The van der Waals surface area contributed by atoms with Crippen molar-refractivity contribution in [1.29, 1.82) is 0 Å². The fraction of sp³-hybridized carbons (Fsp3) is 0.333. The summed E-state index contributed by atoms with van der Waals surface area (Å²) < 4.78 is 10.6. The van der Waals surface area contributed by atoms with Gasteiger partial charge in [-0.1, -0.05) is 41.9 Å². The maximum Gasteiger partial charge on any atom is 0.179 e. The van der Waals surface area contributed by atoms with Gasteiger partial charge in [0.2, 0.25) is 0 Å². The van der Waals surface area contributed by atoms with Crippen LogP contribution in [-0.4, -0.2) is 20.3 Å². The van der Waals surface area contributed by atoms with Crippen LogP contribution in [0.4, 0.5) is 0 Å². The van der Waals surface area contributed by atoms with Crippen molar-refractivity contribution < 1.29 is 9.47 Å². The van der Waals surface area contributed by atoms with Crippen LogP contribution in [0.3, 0.4) is 0 Å². The number of methoxy groups -OCH3 is 2. The summed E-state index contributed by atoms with van der Waals surface area (Å²) in [5.74, 6) is 1.88. The predicted octanol–water partition coefficient (Wildman–Crippen LogP) is 4.00. The SMILES string of the molecule is COc1cc(CN[C@@H]2C[C@H]2c2ccccc2)cc(Cl)c1OC. The van der Waals surface area contributed by atoms with Gasteiger partial charge < -0.3 is 14.8 Å². The van der Waals surface area contributed by atoms with E-state index in [1.54, 1.807) is 14.2 Å². The Morgan fingerprint density at radius 1 is 1.14 bits per heavy atom. The quantitative estimate of drug-likeness (QED) is 0.873. The van der Waals surface area contributed by atoms with Crippen molar-refractivity contribution in [1.82, 2.24) is 5.32 Å². The van der Waals surface area contributed by atoms with Crippen LogP contribution in [-0.2, 0) is 6.54 Å². The van der Waals surface area contributed by atoms with Crippen molar-refractivity contribution in [2.24, 2.45) is 0 Å². The fourth-order valence-electron chi connectivity index (χ4n) is 2.81. The Bertz CT molecular complexity index is 645. The van der Waals surface area contributed by atoms with Crippen LogP contribution in [0.5, 0.6) is 11.5 Å². The summed E-state index contributed by atoms with van der Waals surface area (Å²) in [5.41, 5.74) is 2.51. The van der Waals surface area contributed by atoms with Crippen LogP contribution in [0.15, 0.2) is 42.5 Å². The van der Waals surface area contributed by atoms with Crippen molar-refractivity contribution in [2.45, 2.75) is 24.9 Å². The zero-order valence-corrected chi connectivity index (χ0v) is 13.6. The highest BCUT2D eigenvalue weighted by Crippen LogP contribution is 2.41. The van der Waals surface area contributed by atoms with Crippen LogP contribution < -0.4 is 14.8 Å². The van der Waals surface area contributed by atoms with E-state index >= 15 is 0 Å². The van der Waals surface area contributed by atoms with E-state index in [0.717, 1.165) is 12.1 Å². The van der Waals surface area contributed by atoms with Gasteiger partial charge in [0, 0.05) is 18.5 Å². The highest BCUT2D eigenvalue weighted by atomic mass is 35.5. The summed E-state index contributed by atoms with van der Waals surface area (Å²) >= 11 is 6.24. The zero-order valence-electron chi connectivity index (χ0n) is 12.8. The second-order valence-electron chi connectivity index (χ2n) is 5.55. The van der Waals surface area contributed by atoms with Crippen LogP contribution >= 0.6 is 11.6 Å². The van der Waals surface area contributed by atoms with E-state index < -0.39 is 0 Å². The van der Waals surface area contributed by atoms with Crippen LogP contribution in [0.25, 0.3) is 0 Å². The van der Waals surface area contributed by atoms with E-state index in [0.29, 0.717) is 28.5 Å². The fourth-order valence-corrected chi connectivity index (χ4v) is 3.12. The maximum atomic E-state index is 6.24. The first kappa shape index (κ1) is 15.2. The average molecular weight is 318 g/mol. The summed E-state index contributed by atoms with van der Waals surface area (Å²) in [4.78, 5) is 0. The van der Waals surface area contributed by atoms with E-state index in [-0.39, 0.29) is 0 Å². The molecule has 116 valence electrons. The molecule has 2 aromatic rings. The van der Waals surface area contributed by atoms with E-state index in [4.69, 9.17) is 21.1 Å². The Hall–Kier alpha value is -1.71. The largest absolute Gasteiger partial charge is 0.493 e. The number of halogens is 1. The number of hydrogen-bond acceptors (Lipinski definition) is 3. The van der Waals surface area contributed by atoms with Crippen LogP contribution in [0.2, 0.25) is 5.02 Å². The van der Waals surface area contributed by atoms with E-state index in [1.807, 2.05) is 12.1 Å². The van der Waals surface area contributed by atoms with Gasteiger partial charge in [-0.3, -0.25) is 0 Å². The minimum Gasteiger partial charge on any atom is -0.493 e. The molecule has 3 nitrogen and oxygen atoms in total. The number of ether oxygens (including phenoxy) is 2. The standard InChI is InChI=1S/C18H20ClNO2/c1-21-17-9-12(8-15(19)18(17)22-2)11-20-16-10-14(16)13-6-4-3-5-7-13/h3-9,14,16,20H,10-11H2,1-2H3/t14-,16+/m0/s1. The summed E-state index contributed by atoms with van der Waals surface area (Å²) in [6, 6.07) is 15.1. The maximum absolute atomic E-state index is 6.24. The summed E-state index contributed by atoms with van der Waals surface area (Å²) in [7, 11) is 3.22. The molecule has 0 spiro atoms. The van der Waals surface area contributed by atoms with Gasteiger partial charge in [0.25, 0.3) is 0 Å². The lowest BCUT2D eigenvalue weighted by molar-refractivity contribution is 0.354. The topological polar surface area (TPSA) is 30.5 Å². The van der Waals surface area contributed by atoms with E-state index in [1.165, 1.54) is 12.0 Å². The molecule has 1 aliphatic carbocycles. The Morgan fingerprint density at radius 2 is 1.91 bits per heavy atom. The van der Waals surface area contributed by atoms with Crippen molar-refractivity contribution in [3.63, 3.8) is 0 Å². The van der Waals surface area contributed by atoms with Gasteiger partial charge in [-0.25, -0.2) is 0 Å². The molecule has 0 amide bonds. The average Bonchev–Trinajstić information content (AvgIpc) is 3.33. The molecule has 0 bridgehead atoms. The minimum atomic E-state index is 0.536. The third-order valence-electron chi connectivity index (χ3n) is 4.08. The van der Waals surface area contributed by atoms with Gasteiger partial charge in [-0.05, 0) is 29.7 Å². The third kappa shape index (κ3) is 3.21. The number of benzene rings is 2. The molecule has 1 N–H and O–H groups in total. The molecular weight excluding hydrogens is 298 g/mol. The van der Waals surface area contributed by atoms with Crippen molar-refractivity contribution in [3.05, 3.63) is 58.6 Å². The lowest BCUT2D eigenvalue weighted by Gasteiger charge is -2.12. The molecule has 0 unspecified atom stereocenters. The second kappa shape index (κ2) is 6.59. The first-order chi connectivity index (χ1) is 10.7. The Labute approximate surface area is 136 Å². The Morgan fingerprint density at radius 3 is 2.59 bits per heavy atom. The van der Waals surface area contributed by atoms with Gasteiger partial charge in [-0.15, -0.1) is 0 Å². The number of rotatable bonds is 6. The molecule has 0 heterocycles. The zero-order chi connectivity index (χ0) is 15.5. The highest BCUT2D eigenvalue weighted by Gasteiger charge is 2.37. The number of nitrogens with one attached hydrogen (secondary N) is 1. The van der Waals surface area contributed by atoms with E-state index in [9.17, 15) is 0 Å². The first-order valence-electron chi connectivity index (χ1n) is 7.41. The molecule has 22 heavy (non-hydrogen) atoms. The molecule has 2 aromatic carbocycles. The van der Waals surface area contributed by atoms with E-state index in [2.05, 4.69) is 35.6 Å². The summed E-state index contributed by atoms with van der Waals surface area (Å²) in [6.45, 7) is 0.772. The second-order valence-corrected chi connectivity index (χ2v) is 5.96. The molecule has 0 saturated heterocycles. The minimum absolute atomic E-state index is 0.536. The number of hydrogen-bond donors (Lipinski definition) is 1. The first-order valence-corrected chi connectivity index (χ1v) is 7.79. The monoisotopic (exact) mass is 317 g/mol.